The number of nitrogens with one attached hydrogen (secondary N) is 1. The van der Waals surface area contributed by atoms with Gasteiger partial charge in [-0.05, 0) is 30.4 Å². The lowest BCUT2D eigenvalue weighted by Crippen LogP contribution is -2.17. The molecule has 1 fully saturated rings. The van der Waals surface area contributed by atoms with Crippen LogP contribution in [-0.2, 0) is 0 Å². The Kier molecular flexibility index (Phi) is 4.35. The smallest absolute Gasteiger partial charge is 0.255 e. The predicted molar refractivity (Wildman–Crippen MR) is 82.8 cm³/mol. The van der Waals surface area contributed by atoms with Gasteiger partial charge in [-0.1, -0.05) is 0 Å². The Morgan fingerprint density at radius 1 is 1.29 bits per heavy atom. The summed E-state index contributed by atoms with van der Waals surface area (Å²) in [5.41, 5.74) is 1.24. The van der Waals surface area contributed by atoms with Crippen LogP contribution in [0.3, 0.4) is 0 Å². The molecule has 0 unspecified atom stereocenters. The molecule has 1 aliphatic heterocycles. The van der Waals surface area contributed by atoms with E-state index in [0.717, 1.165) is 17.9 Å². The molecule has 0 aliphatic carbocycles. The van der Waals surface area contributed by atoms with Crippen molar-refractivity contribution in [2.45, 2.75) is 12.5 Å². The Bertz CT molecular complexity index is 615. The summed E-state index contributed by atoms with van der Waals surface area (Å²) in [4.78, 5) is 20.3. The van der Waals surface area contributed by atoms with Gasteiger partial charge in [0.2, 0.25) is 5.88 Å². The minimum Gasteiger partial charge on any atom is -0.473 e. The Morgan fingerprint density at radius 2 is 2.14 bits per heavy atom. The van der Waals surface area contributed by atoms with Crippen molar-refractivity contribution in [1.82, 2.24) is 9.97 Å². The quantitative estimate of drug-likeness (QED) is 0.940. The fraction of sp³-hybridized carbons (Fsp3) is 0.267. The highest BCUT2D eigenvalue weighted by Gasteiger charge is 2.18. The molecule has 1 amide bonds. The second kappa shape index (κ2) is 6.58. The molecule has 2 aromatic rings. The molecule has 1 aliphatic rings. The van der Waals surface area contributed by atoms with Crippen LogP contribution in [0.2, 0.25) is 0 Å². The maximum Gasteiger partial charge on any atom is 0.255 e. The van der Waals surface area contributed by atoms with Crippen LogP contribution >= 0.6 is 11.8 Å². The molecule has 0 bridgehead atoms. The van der Waals surface area contributed by atoms with Gasteiger partial charge in [0.1, 0.15) is 6.10 Å². The maximum atomic E-state index is 12.2. The van der Waals surface area contributed by atoms with Gasteiger partial charge < -0.3 is 10.1 Å². The SMILES string of the molecule is O=C(Nc1ccncc1)c1ccnc(O[C@@H]2CCSC2)c1. The number of nitrogens with zero attached hydrogens (tertiary/aromatic N) is 2. The summed E-state index contributed by atoms with van der Waals surface area (Å²) in [6.45, 7) is 0. The van der Waals surface area contributed by atoms with Gasteiger partial charge in [0.25, 0.3) is 5.91 Å². The lowest BCUT2D eigenvalue weighted by atomic mass is 10.2. The van der Waals surface area contributed by atoms with E-state index >= 15 is 0 Å². The minimum absolute atomic E-state index is 0.186. The van der Waals surface area contributed by atoms with Gasteiger partial charge in [0.15, 0.2) is 0 Å². The minimum atomic E-state index is -0.186. The van der Waals surface area contributed by atoms with Crippen LogP contribution in [0.1, 0.15) is 16.8 Å². The van der Waals surface area contributed by atoms with E-state index in [1.54, 1.807) is 42.9 Å². The molecule has 21 heavy (non-hydrogen) atoms. The number of thioether (sulfide) groups is 1. The van der Waals surface area contributed by atoms with Crippen molar-refractivity contribution in [2.24, 2.45) is 0 Å². The summed E-state index contributed by atoms with van der Waals surface area (Å²) < 4.78 is 5.79. The zero-order valence-electron chi connectivity index (χ0n) is 11.4. The third-order valence-corrected chi connectivity index (χ3v) is 4.24. The topological polar surface area (TPSA) is 64.1 Å². The fourth-order valence-electron chi connectivity index (χ4n) is 2.03. The van der Waals surface area contributed by atoms with E-state index in [4.69, 9.17) is 4.74 Å². The van der Waals surface area contributed by atoms with Crippen LogP contribution in [0.25, 0.3) is 0 Å². The second-order valence-electron chi connectivity index (χ2n) is 4.68. The third kappa shape index (κ3) is 3.72. The van der Waals surface area contributed by atoms with Crippen molar-refractivity contribution >= 4 is 23.4 Å². The summed E-state index contributed by atoms with van der Waals surface area (Å²) in [6.07, 6.45) is 6.09. The average molecular weight is 301 g/mol. The number of carbonyl (C=O) groups is 1. The lowest BCUT2D eigenvalue weighted by Gasteiger charge is -2.12. The fourth-order valence-corrected chi connectivity index (χ4v) is 3.12. The molecular formula is C15H15N3O2S. The van der Waals surface area contributed by atoms with E-state index in [0.29, 0.717) is 17.1 Å². The van der Waals surface area contributed by atoms with Crippen molar-refractivity contribution in [3.05, 3.63) is 48.4 Å². The van der Waals surface area contributed by atoms with Gasteiger partial charge in [0, 0.05) is 41.7 Å². The first-order valence-corrected chi connectivity index (χ1v) is 7.88. The number of rotatable bonds is 4. The highest BCUT2D eigenvalue weighted by Crippen LogP contribution is 2.22. The zero-order valence-corrected chi connectivity index (χ0v) is 12.2. The number of hydrogen-bond acceptors (Lipinski definition) is 5. The van der Waals surface area contributed by atoms with E-state index in [1.807, 2.05) is 11.8 Å². The summed E-state index contributed by atoms with van der Waals surface area (Å²) in [6, 6.07) is 6.84. The lowest BCUT2D eigenvalue weighted by molar-refractivity contribution is 0.102. The highest BCUT2D eigenvalue weighted by atomic mass is 32.2. The standard InChI is InChI=1S/C15H15N3O2S/c19-15(18-12-2-5-16-6-3-12)11-1-7-17-14(9-11)20-13-4-8-21-10-13/h1-3,5-7,9,13H,4,8,10H2,(H,16,18,19)/t13-/m1/s1. The van der Waals surface area contributed by atoms with Crippen LogP contribution in [0.15, 0.2) is 42.9 Å². The molecule has 0 saturated carbocycles. The molecule has 108 valence electrons. The molecule has 3 heterocycles. The van der Waals surface area contributed by atoms with E-state index in [9.17, 15) is 4.79 Å². The van der Waals surface area contributed by atoms with Crippen LogP contribution in [-0.4, -0.2) is 33.5 Å². The van der Waals surface area contributed by atoms with Gasteiger partial charge in [-0.15, -0.1) is 0 Å². The average Bonchev–Trinajstić information content (AvgIpc) is 3.01. The molecule has 2 aromatic heterocycles. The number of carbonyl (C=O) groups excluding carboxylic acids is 1. The normalized spacial score (nSPS) is 17.4. The monoisotopic (exact) mass is 301 g/mol. The van der Waals surface area contributed by atoms with Crippen LogP contribution in [0.4, 0.5) is 5.69 Å². The van der Waals surface area contributed by atoms with Gasteiger partial charge in [-0.3, -0.25) is 9.78 Å². The largest absolute Gasteiger partial charge is 0.473 e. The van der Waals surface area contributed by atoms with Gasteiger partial charge in [0.05, 0.1) is 0 Å². The Morgan fingerprint density at radius 3 is 2.90 bits per heavy atom. The number of ether oxygens (including phenoxy) is 1. The van der Waals surface area contributed by atoms with Gasteiger partial charge in [-0.2, -0.15) is 11.8 Å². The van der Waals surface area contributed by atoms with Crippen molar-refractivity contribution in [3.63, 3.8) is 0 Å². The number of anilines is 1. The molecule has 1 saturated heterocycles. The molecule has 0 aromatic carbocycles. The first kappa shape index (κ1) is 13.9. The molecule has 0 radical (unpaired) electrons. The van der Waals surface area contributed by atoms with Gasteiger partial charge >= 0.3 is 0 Å². The van der Waals surface area contributed by atoms with Crippen LogP contribution in [0, 0.1) is 0 Å². The van der Waals surface area contributed by atoms with Crippen molar-refractivity contribution in [2.75, 3.05) is 16.8 Å². The Balaban J connectivity index is 1.68. The van der Waals surface area contributed by atoms with Crippen LogP contribution < -0.4 is 10.1 Å². The van der Waals surface area contributed by atoms with Crippen molar-refractivity contribution in [1.29, 1.82) is 0 Å². The predicted octanol–water partition coefficient (Wildman–Crippen LogP) is 2.61. The maximum absolute atomic E-state index is 12.2. The summed E-state index contributed by atoms with van der Waals surface area (Å²) in [5.74, 6) is 2.42. The van der Waals surface area contributed by atoms with E-state index < -0.39 is 0 Å². The van der Waals surface area contributed by atoms with E-state index in [-0.39, 0.29) is 12.0 Å². The first-order chi connectivity index (χ1) is 10.3. The number of amides is 1. The summed E-state index contributed by atoms with van der Waals surface area (Å²) in [7, 11) is 0. The Hall–Kier alpha value is -2.08. The zero-order chi connectivity index (χ0) is 14.5. The molecule has 6 heteroatoms. The van der Waals surface area contributed by atoms with Gasteiger partial charge in [-0.25, -0.2) is 4.98 Å². The molecule has 0 spiro atoms. The van der Waals surface area contributed by atoms with Crippen molar-refractivity contribution in [3.8, 4) is 5.88 Å². The molecule has 5 nitrogen and oxygen atoms in total. The van der Waals surface area contributed by atoms with E-state index in [2.05, 4.69) is 15.3 Å². The summed E-state index contributed by atoms with van der Waals surface area (Å²) >= 11 is 1.88. The number of aromatic nitrogens is 2. The first-order valence-electron chi connectivity index (χ1n) is 6.73. The number of pyridine rings is 2. The molecular weight excluding hydrogens is 286 g/mol. The summed E-state index contributed by atoms with van der Waals surface area (Å²) in [5, 5.41) is 2.81. The van der Waals surface area contributed by atoms with Crippen molar-refractivity contribution < 1.29 is 9.53 Å². The molecule has 1 N–H and O–H groups in total. The van der Waals surface area contributed by atoms with Crippen LogP contribution in [0.5, 0.6) is 5.88 Å². The third-order valence-electron chi connectivity index (χ3n) is 3.11. The molecule has 1 atom stereocenters. The molecule has 3 rings (SSSR count). The highest BCUT2D eigenvalue weighted by molar-refractivity contribution is 7.99. The second-order valence-corrected chi connectivity index (χ2v) is 5.83. The number of hydrogen-bond donors (Lipinski definition) is 1. The Labute approximate surface area is 127 Å². The van der Waals surface area contributed by atoms with E-state index in [1.165, 1.54) is 0 Å².